The summed E-state index contributed by atoms with van der Waals surface area (Å²) in [5, 5.41) is 3.41. The Labute approximate surface area is 128 Å². The largest absolute Gasteiger partial charge is 0.339 e. The van der Waals surface area contributed by atoms with E-state index in [9.17, 15) is 4.79 Å². The molecule has 2 rings (SSSR count). The normalized spacial score (nSPS) is 17.6. The summed E-state index contributed by atoms with van der Waals surface area (Å²) in [5.41, 5.74) is 2.63. The number of rotatable bonds is 6. The van der Waals surface area contributed by atoms with Gasteiger partial charge >= 0.3 is 0 Å². The van der Waals surface area contributed by atoms with Crippen LogP contribution in [0.1, 0.15) is 51.2 Å². The summed E-state index contributed by atoms with van der Waals surface area (Å²) in [6.07, 6.45) is 4.29. The fourth-order valence-corrected chi connectivity index (χ4v) is 2.98. The smallest absolute Gasteiger partial charge is 0.240 e. The molecule has 1 aromatic carbocycles. The fourth-order valence-electron chi connectivity index (χ4n) is 2.98. The summed E-state index contributed by atoms with van der Waals surface area (Å²) in [6.45, 7) is 8.10. The topological polar surface area (TPSA) is 32.3 Å². The average molecular weight is 288 g/mol. The summed E-state index contributed by atoms with van der Waals surface area (Å²) in [5.74, 6) is 0.260. The Morgan fingerprint density at radius 1 is 1.29 bits per heavy atom. The Hall–Kier alpha value is -1.35. The summed E-state index contributed by atoms with van der Waals surface area (Å²) >= 11 is 0. The van der Waals surface area contributed by atoms with Crippen molar-refractivity contribution in [2.75, 3.05) is 6.54 Å². The van der Waals surface area contributed by atoms with Crippen LogP contribution in [0.25, 0.3) is 0 Å². The molecule has 1 aliphatic heterocycles. The van der Waals surface area contributed by atoms with E-state index in [0.717, 1.165) is 25.9 Å². The van der Waals surface area contributed by atoms with Gasteiger partial charge < -0.3 is 10.2 Å². The van der Waals surface area contributed by atoms with Crippen molar-refractivity contribution in [1.82, 2.24) is 10.2 Å². The molecule has 0 aromatic heterocycles. The van der Waals surface area contributed by atoms with Gasteiger partial charge in [-0.3, -0.25) is 4.79 Å². The van der Waals surface area contributed by atoms with Gasteiger partial charge in [-0.1, -0.05) is 44.0 Å². The second-order valence-electron chi connectivity index (χ2n) is 6.24. The molecular formula is C18H28N2O. The summed E-state index contributed by atoms with van der Waals surface area (Å²) in [7, 11) is 0. The molecule has 3 heteroatoms. The zero-order chi connectivity index (χ0) is 15.2. The quantitative estimate of drug-likeness (QED) is 0.816. The molecule has 0 spiro atoms. The molecule has 0 radical (unpaired) electrons. The van der Waals surface area contributed by atoms with Crippen LogP contribution in [0.2, 0.25) is 0 Å². The Kier molecular flexibility index (Phi) is 5.80. The molecule has 1 heterocycles. The SMILES string of the molecule is CCCCCN(C(=O)C1Cc2ccccc2CN1)C(C)C. The molecule has 1 aromatic rings. The third-order valence-corrected chi connectivity index (χ3v) is 4.29. The summed E-state index contributed by atoms with van der Waals surface area (Å²) in [6, 6.07) is 8.62. The van der Waals surface area contributed by atoms with Gasteiger partial charge in [0.25, 0.3) is 0 Å². The maximum Gasteiger partial charge on any atom is 0.240 e. The molecule has 1 N–H and O–H groups in total. The van der Waals surface area contributed by atoms with E-state index in [4.69, 9.17) is 0 Å². The van der Waals surface area contributed by atoms with E-state index in [-0.39, 0.29) is 18.0 Å². The maximum atomic E-state index is 12.8. The van der Waals surface area contributed by atoms with Gasteiger partial charge in [-0.2, -0.15) is 0 Å². The lowest BCUT2D eigenvalue weighted by Crippen LogP contribution is -2.51. The van der Waals surface area contributed by atoms with Crippen LogP contribution >= 0.6 is 0 Å². The van der Waals surface area contributed by atoms with Crippen LogP contribution < -0.4 is 5.32 Å². The Bertz CT molecular complexity index is 470. The second kappa shape index (κ2) is 7.60. The maximum absolute atomic E-state index is 12.8. The van der Waals surface area contributed by atoms with E-state index in [0.29, 0.717) is 0 Å². The molecule has 1 atom stereocenters. The van der Waals surface area contributed by atoms with Crippen molar-refractivity contribution < 1.29 is 4.79 Å². The lowest BCUT2D eigenvalue weighted by molar-refractivity contribution is -0.135. The van der Waals surface area contributed by atoms with Gasteiger partial charge in [0, 0.05) is 19.1 Å². The van der Waals surface area contributed by atoms with Gasteiger partial charge in [-0.05, 0) is 37.8 Å². The van der Waals surface area contributed by atoms with Crippen LogP contribution in [0.15, 0.2) is 24.3 Å². The van der Waals surface area contributed by atoms with Gasteiger partial charge in [0.1, 0.15) is 0 Å². The fraction of sp³-hybridized carbons (Fsp3) is 0.611. The molecule has 116 valence electrons. The Balaban J connectivity index is 2.01. The number of carbonyl (C=O) groups is 1. The number of amides is 1. The van der Waals surface area contributed by atoms with Gasteiger partial charge in [0.15, 0.2) is 0 Å². The van der Waals surface area contributed by atoms with Crippen molar-refractivity contribution in [3.8, 4) is 0 Å². The van der Waals surface area contributed by atoms with Gasteiger partial charge in [-0.15, -0.1) is 0 Å². The van der Waals surface area contributed by atoms with E-state index in [2.05, 4.69) is 50.4 Å². The number of hydrogen-bond donors (Lipinski definition) is 1. The van der Waals surface area contributed by atoms with Crippen molar-refractivity contribution in [2.45, 2.75) is 65.1 Å². The van der Waals surface area contributed by atoms with Crippen LogP contribution in [-0.2, 0) is 17.8 Å². The van der Waals surface area contributed by atoms with Crippen LogP contribution in [0.3, 0.4) is 0 Å². The van der Waals surface area contributed by atoms with E-state index >= 15 is 0 Å². The van der Waals surface area contributed by atoms with Crippen molar-refractivity contribution >= 4 is 5.91 Å². The van der Waals surface area contributed by atoms with Crippen LogP contribution in [0, 0.1) is 0 Å². The third-order valence-electron chi connectivity index (χ3n) is 4.29. The standard InChI is InChI=1S/C18H28N2O/c1-4-5-8-11-20(14(2)3)18(21)17-12-15-9-6-7-10-16(15)13-19-17/h6-7,9-10,14,17,19H,4-5,8,11-13H2,1-3H3. The first-order chi connectivity index (χ1) is 10.1. The first-order valence-electron chi connectivity index (χ1n) is 8.24. The van der Waals surface area contributed by atoms with Gasteiger partial charge in [0.05, 0.1) is 6.04 Å². The number of benzene rings is 1. The highest BCUT2D eigenvalue weighted by Crippen LogP contribution is 2.18. The van der Waals surface area contributed by atoms with Gasteiger partial charge in [-0.25, -0.2) is 0 Å². The minimum absolute atomic E-state index is 0.0658. The molecule has 0 fully saturated rings. The van der Waals surface area contributed by atoms with Crippen LogP contribution in [0.5, 0.6) is 0 Å². The van der Waals surface area contributed by atoms with Gasteiger partial charge in [0.2, 0.25) is 5.91 Å². The van der Waals surface area contributed by atoms with Crippen molar-refractivity contribution in [3.63, 3.8) is 0 Å². The zero-order valence-electron chi connectivity index (χ0n) is 13.6. The highest BCUT2D eigenvalue weighted by Gasteiger charge is 2.28. The van der Waals surface area contributed by atoms with Crippen LogP contribution in [-0.4, -0.2) is 29.4 Å². The van der Waals surface area contributed by atoms with Crippen LogP contribution in [0.4, 0.5) is 0 Å². The Morgan fingerprint density at radius 3 is 2.67 bits per heavy atom. The van der Waals surface area contributed by atoms with Crippen molar-refractivity contribution in [2.24, 2.45) is 0 Å². The predicted molar refractivity (Wildman–Crippen MR) is 87.1 cm³/mol. The second-order valence-corrected chi connectivity index (χ2v) is 6.24. The number of nitrogens with one attached hydrogen (secondary N) is 1. The number of unbranched alkanes of at least 4 members (excludes halogenated alkanes) is 2. The molecule has 0 saturated heterocycles. The third kappa shape index (κ3) is 4.07. The van der Waals surface area contributed by atoms with Crippen molar-refractivity contribution in [3.05, 3.63) is 35.4 Å². The van der Waals surface area contributed by atoms with Crippen molar-refractivity contribution in [1.29, 1.82) is 0 Å². The highest BCUT2D eigenvalue weighted by molar-refractivity contribution is 5.82. The molecule has 0 aliphatic carbocycles. The molecule has 1 unspecified atom stereocenters. The predicted octanol–water partition coefficient (Wildman–Crippen LogP) is 3.13. The molecule has 21 heavy (non-hydrogen) atoms. The summed E-state index contributed by atoms with van der Waals surface area (Å²) in [4.78, 5) is 14.9. The first kappa shape index (κ1) is 16.0. The lowest BCUT2D eigenvalue weighted by Gasteiger charge is -2.33. The minimum Gasteiger partial charge on any atom is -0.339 e. The number of nitrogens with zero attached hydrogens (tertiary/aromatic N) is 1. The number of carbonyl (C=O) groups excluding carboxylic acids is 1. The first-order valence-corrected chi connectivity index (χ1v) is 8.24. The zero-order valence-corrected chi connectivity index (χ0v) is 13.6. The Morgan fingerprint density at radius 2 is 2.00 bits per heavy atom. The van der Waals surface area contributed by atoms with E-state index in [1.165, 1.54) is 24.0 Å². The summed E-state index contributed by atoms with van der Waals surface area (Å²) < 4.78 is 0. The monoisotopic (exact) mass is 288 g/mol. The molecular weight excluding hydrogens is 260 g/mol. The molecule has 1 amide bonds. The lowest BCUT2D eigenvalue weighted by atomic mass is 9.95. The van der Waals surface area contributed by atoms with E-state index < -0.39 is 0 Å². The molecule has 0 saturated carbocycles. The minimum atomic E-state index is -0.0658. The molecule has 3 nitrogen and oxygen atoms in total. The molecule has 1 aliphatic rings. The molecule has 0 bridgehead atoms. The average Bonchev–Trinajstić information content (AvgIpc) is 2.50. The van der Waals surface area contributed by atoms with E-state index in [1.54, 1.807) is 0 Å². The highest BCUT2D eigenvalue weighted by atomic mass is 16.2. The number of fused-ring (bicyclic) bond motifs is 1. The van der Waals surface area contributed by atoms with E-state index in [1.807, 2.05) is 4.90 Å². The number of hydrogen-bond acceptors (Lipinski definition) is 2.